The molecule has 0 aromatic rings. The summed E-state index contributed by atoms with van der Waals surface area (Å²) in [5.74, 6) is -0.875. The van der Waals surface area contributed by atoms with Gasteiger partial charge in [0.2, 0.25) is 5.91 Å². The number of ether oxygens (including phenoxy) is 3. The van der Waals surface area contributed by atoms with E-state index >= 15 is 0 Å². The van der Waals surface area contributed by atoms with Gasteiger partial charge in [-0.05, 0) is 64.2 Å². The van der Waals surface area contributed by atoms with Crippen LogP contribution in [0.4, 0.5) is 0 Å². The SMILES string of the molecule is CCC[CH2][Sn](/[CH]=C/[C@H](C/C=C(C)/C=C/[C@H](C[C@@H](O[Si](C)(C)C(C)(C)C)[C@@H](C)[C@H](OC(C)=O)[C@@]1(C)C(=O)N[C@@H]1/C=C(\C)I)OCOCC[Si](C)(C)C)O[Si](C)(C)C(C)(C)C)([CH2]CCC)[CH2]CCC. The summed E-state index contributed by atoms with van der Waals surface area (Å²) in [6, 6.07) is 0.775. The summed E-state index contributed by atoms with van der Waals surface area (Å²) in [6.07, 6.45) is 18.9. The van der Waals surface area contributed by atoms with Gasteiger partial charge in [-0.25, -0.2) is 0 Å². The van der Waals surface area contributed by atoms with Crippen molar-refractivity contribution >= 4 is 77.6 Å². The summed E-state index contributed by atoms with van der Waals surface area (Å²) in [6.45, 7) is 47.6. The third kappa shape index (κ3) is 22.3. The second kappa shape index (κ2) is 29.0. The van der Waals surface area contributed by atoms with Gasteiger partial charge in [0.05, 0.1) is 6.04 Å². The molecule has 0 aromatic heterocycles. The molecule has 67 heavy (non-hydrogen) atoms. The van der Waals surface area contributed by atoms with Gasteiger partial charge in [0, 0.05) is 21.6 Å². The fraction of sp³-hybridized carbons (Fsp3) is 0.815. The number of allylic oxidation sites excluding steroid dienone is 3. The molecule has 1 fully saturated rings. The van der Waals surface area contributed by atoms with Crippen molar-refractivity contribution in [3.8, 4) is 0 Å². The van der Waals surface area contributed by atoms with Crippen LogP contribution in [0, 0.1) is 11.3 Å². The van der Waals surface area contributed by atoms with E-state index in [9.17, 15) is 9.59 Å². The molecule has 0 bridgehead atoms. The number of hydrogen-bond donors (Lipinski definition) is 1. The Hall–Kier alpha value is -0.0806. The number of rotatable bonds is 32. The zero-order chi connectivity index (χ0) is 51.7. The summed E-state index contributed by atoms with van der Waals surface area (Å²) in [4.78, 5) is 26.5. The molecule has 390 valence electrons. The van der Waals surface area contributed by atoms with Crippen LogP contribution in [0.3, 0.4) is 0 Å². The number of carbonyl (C=O) groups is 2. The molecular weight excluding hydrogens is 1100 g/mol. The molecule has 0 spiro atoms. The molecule has 1 rings (SSSR count). The van der Waals surface area contributed by atoms with Gasteiger partial charge in [0.25, 0.3) is 0 Å². The summed E-state index contributed by atoms with van der Waals surface area (Å²) >= 11 is -0.288. The summed E-state index contributed by atoms with van der Waals surface area (Å²) in [5.41, 5.74) is 0.180. The molecule has 0 aliphatic carbocycles. The second-order valence-electron chi connectivity index (χ2n) is 24.6. The molecule has 0 unspecified atom stereocenters. The van der Waals surface area contributed by atoms with Crippen LogP contribution in [-0.4, -0.2) is 98.8 Å². The van der Waals surface area contributed by atoms with Gasteiger partial charge < -0.3 is 10.1 Å². The van der Waals surface area contributed by atoms with E-state index in [1.165, 1.54) is 58.8 Å². The molecule has 1 amide bonds. The minimum atomic E-state index is -2.56. The maximum atomic E-state index is 13.6. The monoisotopic (exact) mass is 1210 g/mol. The summed E-state index contributed by atoms with van der Waals surface area (Å²) < 4.78 is 41.8. The van der Waals surface area contributed by atoms with Gasteiger partial charge in [-0.3, -0.25) is 9.59 Å². The number of hydrogen-bond acceptors (Lipinski definition) is 7. The van der Waals surface area contributed by atoms with Gasteiger partial charge in [0.1, 0.15) is 11.5 Å². The van der Waals surface area contributed by atoms with Crippen molar-refractivity contribution in [1.29, 1.82) is 0 Å². The number of unbranched alkanes of at least 4 members (excludes halogenated alkanes) is 3. The van der Waals surface area contributed by atoms with Crippen molar-refractivity contribution < 1.29 is 32.7 Å². The molecule has 13 heteroatoms. The quantitative estimate of drug-likeness (QED) is 0.0136. The number of nitrogens with one attached hydrogen (secondary N) is 1. The Bertz CT molecular complexity index is 1600. The van der Waals surface area contributed by atoms with E-state index in [-0.39, 0.29) is 46.9 Å². The van der Waals surface area contributed by atoms with Crippen LogP contribution in [0.2, 0.25) is 75.3 Å². The number of β-lactam (4-membered cyclic amide) rings is 1. The molecule has 1 aliphatic rings. The topological polar surface area (TPSA) is 92.3 Å². The molecule has 0 aromatic carbocycles. The van der Waals surface area contributed by atoms with Crippen molar-refractivity contribution in [2.24, 2.45) is 11.3 Å². The van der Waals surface area contributed by atoms with Gasteiger partial charge in [0.15, 0.2) is 8.32 Å². The van der Waals surface area contributed by atoms with E-state index in [2.05, 4.69) is 184 Å². The van der Waals surface area contributed by atoms with E-state index in [0.717, 1.165) is 21.6 Å². The van der Waals surface area contributed by atoms with Crippen molar-refractivity contribution in [2.75, 3.05) is 13.4 Å². The van der Waals surface area contributed by atoms with Crippen LogP contribution in [0.25, 0.3) is 0 Å². The van der Waals surface area contributed by atoms with Crippen molar-refractivity contribution in [1.82, 2.24) is 5.32 Å². The van der Waals surface area contributed by atoms with Crippen LogP contribution in [0.15, 0.2) is 43.6 Å². The summed E-state index contributed by atoms with van der Waals surface area (Å²) in [5, 5.41) is 3.10. The number of halogens is 1. The second-order valence-corrected chi connectivity index (χ2v) is 54.4. The fourth-order valence-corrected chi connectivity index (χ4v) is 26.4. The Kier molecular flexibility index (Phi) is 28.1. The molecule has 7 atom stereocenters. The Morgan fingerprint density at radius 1 is 0.836 bits per heavy atom. The molecule has 1 saturated heterocycles. The van der Waals surface area contributed by atoms with E-state index in [4.69, 9.17) is 23.1 Å². The molecule has 1 N–H and O–H groups in total. The molecule has 0 radical (unpaired) electrons. The first-order valence-corrected chi connectivity index (χ1v) is 44.4. The van der Waals surface area contributed by atoms with E-state index in [0.29, 0.717) is 13.0 Å². The van der Waals surface area contributed by atoms with Gasteiger partial charge in [-0.1, -0.05) is 53.4 Å². The zero-order valence-electron chi connectivity index (χ0n) is 47.1. The Balaban J connectivity index is 3.88. The minimum absolute atomic E-state index is 0.0261. The van der Waals surface area contributed by atoms with Crippen molar-refractivity contribution in [2.45, 2.75) is 254 Å². The van der Waals surface area contributed by atoms with E-state index in [1.807, 2.05) is 13.8 Å². The van der Waals surface area contributed by atoms with Crippen LogP contribution in [0.5, 0.6) is 0 Å². The maximum absolute atomic E-state index is 13.6. The molecular formula is C54H104INO7Si3Sn. The first kappa shape index (κ1) is 64.9. The molecule has 1 aliphatic heterocycles. The van der Waals surface area contributed by atoms with E-state index in [1.54, 1.807) is 0 Å². The third-order valence-electron chi connectivity index (χ3n) is 15.1. The van der Waals surface area contributed by atoms with Gasteiger partial charge in [-0.2, -0.15) is 0 Å². The number of amides is 1. The van der Waals surface area contributed by atoms with Crippen LogP contribution >= 0.6 is 22.6 Å². The van der Waals surface area contributed by atoms with E-state index < -0.39 is 66.7 Å². The predicted octanol–water partition coefficient (Wildman–Crippen LogP) is 16.1. The first-order valence-electron chi connectivity index (χ1n) is 26.1. The third-order valence-corrected chi connectivity index (χ3v) is 40.3. The Morgan fingerprint density at radius 3 is 1.81 bits per heavy atom. The standard InChI is InChI=1S/C42H77INO7Si3.3C4H9.Sn/c1-20-34(50-53(16,17)40(6,7)8)23-21-30(2)22-24-35(48-29-47-25-26-52(13,14)15)28-36(51-54(18,19)41(9,10)11)32(4)38(49-33(5)45)42(12)37(27-31(3)43)44-39(42)46;3*1-3-4-2;/h1,20-22,24,27,32,34-38H,23,25-26,28-29H2,2-19H3,(H,44,46);3*1,3-4H2,2H3;/b20-1?,24-22+,30-21+,31-27+;;;;/t32-,34-,35-,36-,37-,38+,42+;;;;/m1..../s1. The molecule has 8 nitrogen and oxygen atoms in total. The average Bonchev–Trinajstić information content (AvgIpc) is 3.20. The first-order chi connectivity index (χ1) is 30.7. The van der Waals surface area contributed by atoms with Crippen molar-refractivity contribution in [3.63, 3.8) is 0 Å². The fourth-order valence-electron chi connectivity index (χ4n) is 8.21. The predicted molar refractivity (Wildman–Crippen MR) is 307 cm³/mol. The zero-order valence-corrected chi connectivity index (χ0v) is 55.1. The molecule has 1 heterocycles. The average molecular weight is 1210 g/mol. The van der Waals surface area contributed by atoms with Crippen LogP contribution in [0.1, 0.15) is 148 Å². The number of carbonyl (C=O) groups excluding carboxylic acids is 2. The Morgan fingerprint density at radius 2 is 1.36 bits per heavy atom. The van der Waals surface area contributed by atoms with Gasteiger partial charge in [-0.15, -0.1) is 0 Å². The van der Waals surface area contributed by atoms with Crippen molar-refractivity contribution in [3.05, 3.63) is 43.6 Å². The Labute approximate surface area is 434 Å². The molecule has 0 saturated carbocycles. The summed E-state index contributed by atoms with van der Waals surface area (Å²) in [7, 11) is -5.76. The van der Waals surface area contributed by atoms with Crippen LogP contribution in [-0.2, 0) is 32.7 Å². The normalized spacial score (nSPS) is 20.7. The number of esters is 1. The van der Waals surface area contributed by atoms with Crippen LogP contribution < -0.4 is 5.32 Å². The van der Waals surface area contributed by atoms with Gasteiger partial charge >= 0.3 is 247 Å².